The van der Waals surface area contributed by atoms with E-state index >= 15 is 0 Å². The predicted molar refractivity (Wildman–Crippen MR) is 88.3 cm³/mol. The van der Waals surface area contributed by atoms with E-state index in [-0.39, 0.29) is 11.7 Å². The van der Waals surface area contributed by atoms with Crippen LogP contribution in [-0.2, 0) is 13.6 Å². The zero-order valence-corrected chi connectivity index (χ0v) is 13.6. The molecule has 1 aromatic carbocycles. The van der Waals surface area contributed by atoms with Crippen LogP contribution in [-0.4, -0.2) is 15.7 Å². The maximum atomic E-state index is 12.2. The van der Waals surface area contributed by atoms with Crippen LogP contribution in [0.3, 0.4) is 0 Å². The summed E-state index contributed by atoms with van der Waals surface area (Å²) in [4.78, 5) is 12.2. The standard InChI is InChI=1S/C17H16ClN3O2/c1-11-12(10-21(2)20-11)9-19-17(22)16-8-7-15(23-16)13-5-3-4-6-14(13)18/h3-8,10H,9H2,1-2H3,(H,19,22). The average molecular weight is 330 g/mol. The summed E-state index contributed by atoms with van der Waals surface area (Å²) in [5.74, 6) is 0.548. The Kier molecular flexibility index (Phi) is 4.21. The van der Waals surface area contributed by atoms with E-state index in [4.69, 9.17) is 16.0 Å². The van der Waals surface area contributed by atoms with Crippen molar-refractivity contribution in [1.82, 2.24) is 15.1 Å². The van der Waals surface area contributed by atoms with E-state index in [2.05, 4.69) is 10.4 Å². The van der Waals surface area contributed by atoms with Gasteiger partial charge in [-0.3, -0.25) is 9.48 Å². The van der Waals surface area contributed by atoms with Gasteiger partial charge in [-0.15, -0.1) is 0 Å². The number of halogens is 1. The van der Waals surface area contributed by atoms with E-state index in [1.54, 1.807) is 22.9 Å². The third kappa shape index (κ3) is 3.29. The van der Waals surface area contributed by atoms with Crippen LogP contribution in [0.2, 0.25) is 5.02 Å². The van der Waals surface area contributed by atoms with Crippen LogP contribution in [0.15, 0.2) is 47.0 Å². The Hall–Kier alpha value is -2.53. The average Bonchev–Trinajstić information content (AvgIpc) is 3.12. The fourth-order valence-corrected chi connectivity index (χ4v) is 2.58. The van der Waals surface area contributed by atoms with Crippen LogP contribution in [0.5, 0.6) is 0 Å². The van der Waals surface area contributed by atoms with Gasteiger partial charge < -0.3 is 9.73 Å². The summed E-state index contributed by atoms with van der Waals surface area (Å²) in [5.41, 5.74) is 2.62. The largest absolute Gasteiger partial charge is 0.451 e. The maximum Gasteiger partial charge on any atom is 0.287 e. The third-order valence-corrected chi connectivity index (χ3v) is 3.85. The smallest absolute Gasteiger partial charge is 0.287 e. The summed E-state index contributed by atoms with van der Waals surface area (Å²) in [7, 11) is 1.85. The summed E-state index contributed by atoms with van der Waals surface area (Å²) in [5, 5.41) is 7.66. The number of aryl methyl sites for hydroxylation is 2. The Morgan fingerprint density at radius 3 is 2.78 bits per heavy atom. The number of hydrogen-bond acceptors (Lipinski definition) is 3. The number of aromatic nitrogens is 2. The Balaban J connectivity index is 1.72. The minimum Gasteiger partial charge on any atom is -0.451 e. The SMILES string of the molecule is Cc1nn(C)cc1CNC(=O)c1ccc(-c2ccccc2Cl)o1. The molecule has 0 saturated carbocycles. The fourth-order valence-electron chi connectivity index (χ4n) is 2.35. The van der Waals surface area contributed by atoms with Crippen molar-refractivity contribution < 1.29 is 9.21 Å². The molecule has 1 amide bonds. The van der Waals surface area contributed by atoms with Crippen molar-refractivity contribution in [3.63, 3.8) is 0 Å². The topological polar surface area (TPSA) is 60.1 Å². The van der Waals surface area contributed by atoms with E-state index in [0.29, 0.717) is 17.3 Å². The van der Waals surface area contributed by atoms with Gasteiger partial charge in [-0.05, 0) is 31.2 Å². The molecular formula is C17H16ClN3O2. The normalized spacial score (nSPS) is 10.7. The molecule has 0 unspecified atom stereocenters. The molecule has 0 fully saturated rings. The van der Waals surface area contributed by atoms with E-state index < -0.39 is 0 Å². The molecule has 6 heteroatoms. The lowest BCUT2D eigenvalue weighted by molar-refractivity contribution is 0.0924. The molecule has 118 valence electrons. The lowest BCUT2D eigenvalue weighted by Gasteiger charge is -2.02. The zero-order chi connectivity index (χ0) is 16.4. The number of carbonyl (C=O) groups is 1. The van der Waals surface area contributed by atoms with Gasteiger partial charge in [0.25, 0.3) is 5.91 Å². The minimum absolute atomic E-state index is 0.251. The van der Waals surface area contributed by atoms with Gasteiger partial charge in [-0.2, -0.15) is 5.10 Å². The molecule has 2 heterocycles. The molecule has 2 aromatic heterocycles. The number of hydrogen-bond donors (Lipinski definition) is 1. The molecule has 3 rings (SSSR count). The van der Waals surface area contributed by atoms with Gasteiger partial charge in [-0.1, -0.05) is 23.7 Å². The fraction of sp³-hybridized carbons (Fsp3) is 0.176. The summed E-state index contributed by atoms with van der Waals surface area (Å²) >= 11 is 6.14. The number of nitrogens with zero attached hydrogens (tertiary/aromatic N) is 2. The summed E-state index contributed by atoms with van der Waals surface area (Å²) < 4.78 is 7.34. The van der Waals surface area contributed by atoms with Gasteiger partial charge in [0.2, 0.25) is 0 Å². The van der Waals surface area contributed by atoms with Gasteiger partial charge >= 0.3 is 0 Å². The number of amides is 1. The van der Waals surface area contributed by atoms with Gasteiger partial charge in [0.15, 0.2) is 5.76 Å². The molecule has 0 aliphatic rings. The molecule has 0 radical (unpaired) electrons. The zero-order valence-electron chi connectivity index (χ0n) is 12.8. The van der Waals surface area contributed by atoms with Crippen LogP contribution in [0.4, 0.5) is 0 Å². The molecule has 3 aromatic rings. The van der Waals surface area contributed by atoms with Crippen LogP contribution in [0.25, 0.3) is 11.3 Å². The molecule has 23 heavy (non-hydrogen) atoms. The second kappa shape index (κ2) is 6.30. The number of benzene rings is 1. The van der Waals surface area contributed by atoms with Gasteiger partial charge in [-0.25, -0.2) is 0 Å². The maximum absolute atomic E-state index is 12.2. The Morgan fingerprint density at radius 1 is 1.30 bits per heavy atom. The number of rotatable bonds is 4. The first-order valence-corrected chi connectivity index (χ1v) is 7.54. The van der Waals surface area contributed by atoms with E-state index in [0.717, 1.165) is 16.8 Å². The quantitative estimate of drug-likeness (QED) is 0.796. The molecule has 5 nitrogen and oxygen atoms in total. The second-order valence-electron chi connectivity index (χ2n) is 5.24. The highest BCUT2D eigenvalue weighted by atomic mass is 35.5. The first-order valence-electron chi connectivity index (χ1n) is 7.16. The molecule has 0 bridgehead atoms. The van der Waals surface area contributed by atoms with Crippen LogP contribution in [0.1, 0.15) is 21.8 Å². The molecule has 0 aliphatic heterocycles. The van der Waals surface area contributed by atoms with Gasteiger partial charge in [0.1, 0.15) is 5.76 Å². The summed E-state index contributed by atoms with van der Waals surface area (Å²) in [6.07, 6.45) is 1.88. The number of furan rings is 1. The molecular weight excluding hydrogens is 314 g/mol. The highest BCUT2D eigenvalue weighted by Crippen LogP contribution is 2.28. The van der Waals surface area contributed by atoms with Gasteiger partial charge in [0.05, 0.1) is 10.7 Å². The predicted octanol–water partition coefficient (Wildman–Crippen LogP) is 3.57. The first kappa shape index (κ1) is 15.4. The van der Waals surface area contributed by atoms with Crippen LogP contribution in [0, 0.1) is 6.92 Å². The highest BCUT2D eigenvalue weighted by molar-refractivity contribution is 6.33. The van der Waals surface area contributed by atoms with Crippen LogP contribution < -0.4 is 5.32 Å². The van der Waals surface area contributed by atoms with Crippen LogP contribution >= 0.6 is 11.6 Å². The van der Waals surface area contributed by atoms with Crippen molar-refractivity contribution in [1.29, 1.82) is 0 Å². The molecule has 0 atom stereocenters. The molecule has 1 N–H and O–H groups in total. The van der Waals surface area contributed by atoms with Crippen molar-refractivity contribution >= 4 is 17.5 Å². The van der Waals surface area contributed by atoms with Crippen molar-refractivity contribution in [2.24, 2.45) is 7.05 Å². The van der Waals surface area contributed by atoms with Crippen molar-refractivity contribution in [3.8, 4) is 11.3 Å². The lowest BCUT2D eigenvalue weighted by atomic mass is 10.2. The highest BCUT2D eigenvalue weighted by Gasteiger charge is 2.14. The van der Waals surface area contributed by atoms with Crippen molar-refractivity contribution in [2.75, 3.05) is 0 Å². The van der Waals surface area contributed by atoms with E-state index in [9.17, 15) is 4.79 Å². The lowest BCUT2D eigenvalue weighted by Crippen LogP contribution is -2.22. The number of carbonyl (C=O) groups excluding carboxylic acids is 1. The van der Waals surface area contributed by atoms with Gasteiger partial charge in [0, 0.05) is 30.9 Å². The van der Waals surface area contributed by atoms with E-state index in [1.165, 1.54) is 0 Å². The van der Waals surface area contributed by atoms with E-state index in [1.807, 2.05) is 38.4 Å². The first-order chi connectivity index (χ1) is 11.0. The molecule has 0 aliphatic carbocycles. The summed E-state index contributed by atoms with van der Waals surface area (Å²) in [6.45, 7) is 2.31. The van der Waals surface area contributed by atoms with Crippen molar-refractivity contribution in [2.45, 2.75) is 13.5 Å². The van der Waals surface area contributed by atoms with Crippen molar-refractivity contribution in [3.05, 3.63) is 64.6 Å². The molecule has 0 saturated heterocycles. The monoisotopic (exact) mass is 329 g/mol. The molecule has 0 spiro atoms. The minimum atomic E-state index is -0.272. The Labute approximate surface area is 138 Å². The third-order valence-electron chi connectivity index (χ3n) is 3.52. The Morgan fingerprint density at radius 2 is 2.09 bits per heavy atom. The number of nitrogens with one attached hydrogen (secondary N) is 1. The second-order valence-corrected chi connectivity index (χ2v) is 5.65. The Bertz CT molecular complexity index is 851. The summed E-state index contributed by atoms with van der Waals surface area (Å²) in [6, 6.07) is 10.7.